The number of ether oxygens (including phenoxy) is 1. The molecule has 1 saturated carbocycles. The van der Waals surface area contributed by atoms with Gasteiger partial charge in [-0.1, -0.05) is 6.07 Å². The second-order valence-electron chi connectivity index (χ2n) is 10.1. The molecule has 2 atom stereocenters. The van der Waals surface area contributed by atoms with Gasteiger partial charge in [-0.15, -0.1) is 0 Å². The van der Waals surface area contributed by atoms with E-state index in [1.807, 2.05) is 0 Å². The van der Waals surface area contributed by atoms with Crippen molar-refractivity contribution in [1.82, 2.24) is 10.2 Å². The molecule has 0 bridgehead atoms. The van der Waals surface area contributed by atoms with E-state index in [0.29, 0.717) is 37.4 Å². The van der Waals surface area contributed by atoms with Gasteiger partial charge in [0.25, 0.3) is 0 Å². The highest BCUT2D eigenvalue weighted by Gasteiger charge is 2.56. The first-order valence-corrected chi connectivity index (χ1v) is 11.5. The Morgan fingerprint density at radius 1 is 1.16 bits per heavy atom. The number of benzene rings is 1. The van der Waals surface area contributed by atoms with Gasteiger partial charge in [0.1, 0.15) is 0 Å². The molecular formula is C24H33F3N2O3. The second kappa shape index (κ2) is 8.61. The lowest BCUT2D eigenvalue weighted by Crippen LogP contribution is -2.55. The number of rotatable bonds is 4. The van der Waals surface area contributed by atoms with E-state index in [4.69, 9.17) is 4.74 Å². The van der Waals surface area contributed by atoms with Crippen LogP contribution in [0.3, 0.4) is 0 Å². The molecule has 0 radical (unpaired) electrons. The number of carbonyl (C=O) groups is 1. The van der Waals surface area contributed by atoms with Gasteiger partial charge in [0.05, 0.1) is 16.6 Å². The largest absolute Gasteiger partial charge is 0.416 e. The standard InChI is InChI=1S/C24H33F3N2O3/c1-22(2,31)23(9-5-20(14-23)28-19-7-11-32-12-8-19)21(30)29-10-6-16-3-4-18(24(25,26)27)13-17(16)15-29/h3-4,13,19-20,28,31H,5-12,14-15H2,1-2H3/t20-,23-/m1/s1. The smallest absolute Gasteiger partial charge is 0.389 e. The number of nitrogens with one attached hydrogen (secondary N) is 1. The van der Waals surface area contributed by atoms with Crippen molar-refractivity contribution in [3.05, 3.63) is 34.9 Å². The summed E-state index contributed by atoms with van der Waals surface area (Å²) in [5.41, 5.74) is -1.48. The van der Waals surface area contributed by atoms with E-state index in [-0.39, 0.29) is 18.5 Å². The molecule has 32 heavy (non-hydrogen) atoms. The van der Waals surface area contributed by atoms with Crippen LogP contribution >= 0.6 is 0 Å². The zero-order chi connectivity index (χ0) is 23.1. The summed E-state index contributed by atoms with van der Waals surface area (Å²) < 4.78 is 45.0. The number of alkyl halides is 3. The number of hydrogen-bond acceptors (Lipinski definition) is 4. The highest BCUT2D eigenvalue weighted by Crippen LogP contribution is 2.49. The van der Waals surface area contributed by atoms with E-state index < -0.39 is 22.8 Å². The van der Waals surface area contributed by atoms with Gasteiger partial charge in [0.15, 0.2) is 0 Å². The van der Waals surface area contributed by atoms with Crippen molar-refractivity contribution in [1.29, 1.82) is 0 Å². The van der Waals surface area contributed by atoms with Crippen molar-refractivity contribution < 1.29 is 27.8 Å². The number of halogens is 3. The summed E-state index contributed by atoms with van der Waals surface area (Å²) in [6, 6.07) is 4.27. The Labute approximate surface area is 187 Å². The number of fused-ring (bicyclic) bond motifs is 1. The van der Waals surface area contributed by atoms with E-state index in [0.717, 1.165) is 50.2 Å². The molecule has 4 rings (SSSR count). The molecular weight excluding hydrogens is 421 g/mol. The van der Waals surface area contributed by atoms with Crippen LogP contribution in [0, 0.1) is 5.41 Å². The lowest BCUT2D eigenvalue weighted by atomic mass is 9.70. The summed E-state index contributed by atoms with van der Waals surface area (Å²) in [6.45, 7) is 5.42. The van der Waals surface area contributed by atoms with Gasteiger partial charge >= 0.3 is 6.18 Å². The fraction of sp³-hybridized carbons (Fsp3) is 0.708. The molecule has 5 nitrogen and oxygen atoms in total. The Bertz CT molecular complexity index is 846. The molecule has 3 aliphatic rings. The monoisotopic (exact) mass is 454 g/mol. The summed E-state index contributed by atoms with van der Waals surface area (Å²) in [7, 11) is 0. The number of nitrogens with zero attached hydrogens (tertiary/aromatic N) is 1. The van der Waals surface area contributed by atoms with E-state index in [1.165, 1.54) is 6.07 Å². The molecule has 0 aromatic heterocycles. The average molecular weight is 455 g/mol. The Morgan fingerprint density at radius 2 is 1.88 bits per heavy atom. The molecule has 2 fully saturated rings. The predicted molar refractivity (Wildman–Crippen MR) is 114 cm³/mol. The minimum absolute atomic E-state index is 0.127. The maximum atomic E-state index is 13.8. The highest BCUT2D eigenvalue weighted by atomic mass is 19.4. The van der Waals surface area contributed by atoms with Crippen LogP contribution in [0.2, 0.25) is 0 Å². The molecule has 8 heteroatoms. The maximum Gasteiger partial charge on any atom is 0.416 e. The van der Waals surface area contributed by atoms with Crippen molar-refractivity contribution in [2.24, 2.45) is 5.41 Å². The Kier molecular flexibility index (Phi) is 6.33. The molecule has 0 unspecified atom stereocenters. The number of amides is 1. The molecule has 2 N–H and O–H groups in total. The summed E-state index contributed by atoms with van der Waals surface area (Å²) >= 11 is 0. The first-order chi connectivity index (χ1) is 15.0. The van der Waals surface area contributed by atoms with Crippen molar-refractivity contribution >= 4 is 5.91 Å². The summed E-state index contributed by atoms with van der Waals surface area (Å²) in [4.78, 5) is 15.4. The third kappa shape index (κ3) is 4.54. The predicted octanol–water partition coefficient (Wildman–Crippen LogP) is 3.67. The Hall–Kier alpha value is -1.64. The van der Waals surface area contributed by atoms with Gasteiger partial charge < -0.3 is 20.1 Å². The summed E-state index contributed by atoms with van der Waals surface area (Å²) in [5.74, 6) is -0.149. The maximum absolute atomic E-state index is 13.8. The lowest BCUT2D eigenvalue weighted by molar-refractivity contribution is -0.159. The third-order valence-electron chi connectivity index (χ3n) is 7.62. The molecule has 1 aromatic carbocycles. The van der Waals surface area contributed by atoms with Crippen molar-refractivity contribution in [2.45, 2.75) is 82.8 Å². The van der Waals surface area contributed by atoms with Crippen LogP contribution in [0.15, 0.2) is 18.2 Å². The van der Waals surface area contributed by atoms with E-state index in [1.54, 1.807) is 18.7 Å². The molecule has 1 aromatic rings. The SMILES string of the molecule is CC(C)(O)[C@]1(C(=O)N2CCc3ccc(C(F)(F)F)cc3C2)CC[C@@H](NC2CCOCC2)C1. The molecule has 1 saturated heterocycles. The van der Waals surface area contributed by atoms with Gasteiger partial charge in [0.2, 0.25) is 5.91 Å². The first-order valence-electron chi connectivity index (χ1n) is 11.5. The topological polar surface area (TPSA) is 61.8 Å². The number of carbonyl (C=O) groups excluding carboxylic acids is 1. The molecule has 178 valence electrons. The fourth-order valence-corrected chi connectivity index (χ4v) is 5.61. The van der Waals surface area contributed by atoms with Crippen LogP contribution in [0.1, 0.15) is 62.6 Å². The summed E-state index contributed by atoms with van der Waals surface area (Å²) in [5, 5.41) is 14.7. The van der Waals surface area contributed by atoms with Gasteiger partial charge in [-0.25, -0.2) is 0 Å². The minimum atomic E-state index is -4.41. The highest BCUT2D eigenvalue weighted by molar-refractivity contribution is 5.85. The Morgan fingerprint density at radius 3 is 2.53 bits per heavy atom. The normalized spacial score (nSPS) is 27.4. The number of aliphatic hydroxyl groups is 1. The molecule has 2 heterocycles. The molecule has 1 aliphatic carbocycles. The van der Waals surface area contributed by atoms with Crippen molar-refractivity contribution in [2.75, 3.05) is 19.8 Å². The van der Waals surface area contributed by atoms with Crippen LogP contribution in [-0.2, 0) is 28.7 Å². The van der Waals surface area contributed by atoms with Gasteiger partial charge in [-0.3, -0.25) is 4.79 Å². The molecule has 2 aliphatic heterocycles. The van der Waals surface area contributed by atoms with E-state index >= 15 is 0 Å². The van der Waals surface area contributed by atoms with Crippen LogP contribution in [-0.4, -0.2) is 53.4 Å². The number of hydrogen-bond donors (Lipinski definition) is 2. The lowest BCUT2D eigenvalue weighted by Gasteiger charge is -2.44. The van der Waals surface area contributed by atoms with Gasteiger partial charge in [0, 0.05) is 38.4 Å². The molecule has 1 amide bonds. The van der Waals surface area contributed by atoms with Crippen LogP contribution in [0.4, 0.5) is 13.2 Å². The van der Waals surface area contributed by atoms with Crippen LogP contribution in [0.25, 0.3) is 0 Å². The zero-order valence-electron chi connectivity index (χ0n) is 18.8. The fourth-order valence-electron chi connectivity index (χ4n) is 5.61. The van der Waals surface area contributed by atoms with Crippen LogP contribution < -0.4 is 5.32 Å². The van der Waals surface area contributed by atoms with E-state index in [2.05, 4.69) is 5.32 Å². The van der Waals surface area contributed by atoms with E-state index in [9.17, 15) is 23.1 Å². The quantitative estimate of drug-likeness (QED) is 0.729. The zero-order valence-corrected chi connectivity index (χ0v) is 18.8. The third-order valence-corrected chi connectivity index (χ3v) is 7.62. The second-order valence-corrected chi connectivity index (χ2v) is 10.1. The van der Waals surface area contributed by atoms with Crippen molar-refractivity contribution in [3.63, 3.8) is 0 Å². The minimum Gasteiger partial charge on any atom is -0.389 e. The van der Waals surface area contributed by atoms with Gasteiger partial charge in [-0.05, 0) is 75.6 Å². The molecule has 0 spiro atoms. The first kappa shape index (κ1) is 23.5. The van der Waals surface area contributed by atoms with Crippen molar-refractivity contribution in [3.8, 4) is 0 Å². The average Bonchev–Trinajstić information content (AvgIpc) is 3.17. The van der Waals surface area contributed by atoms with Gasteiger partial charge in [-0.2, -0.15) is 13.2 Å². The van der Waals surface area contributed by atoms with Crippen LogP contribution in [0.5, 0.6) is 0 Å². The Balaban J connectivity index is 1.52. The summed E-state index contributed by atoms with van der Waals surface area (Å²) in [6.07, 6.45) is -0.152.